The second kappa shape index (κ2) is 4.97. The minimum atomic E-state index is -3.19. The van der Waals surface area contributed by atoms with Crippen molar-refractivity contribution in [2.24, 2.45) is 0 Å². The van der Waals surface area contributed by atoms with Crippen LogP contribution in [0, 0.1) is 0 Å². The maximum atomic E-state index is 11.2. The highest BCUT2D eigenvalue weighted by atomic mass is 32.2. The van der Waals surface area contributed by atoms with Gasteiger partial charge in [-0.3, -0.25) is 0 Å². The Bertz CT molecular complexity index is 362. The van der Waals surface area contributed by atoms with Gasteiger partial charge in [0, 0.05) is 5.69 Å². The molecule has 1 rings (SSSR count). The summed E-state index contributed by atoms with van der Waals surface area (Å²) in [7, 11) is -3.19. The lowest BCUT2D eigenvalue weighted by Crippen LogP contribution is -2.31. The van der Waals surface area contributed by atoms with E-state index in [0.717, 1.165) is 5.69 Å². The minimum Gasteiger partial charge on any atom is -0.308 e. The highest BCUT2D eigenvalue weighted by molar-refractivity contribution is 7.89. The molecule has 0 bridgehead atoms. The number of nitrogens with one attached hydrogen (secondary N) is 2. The predicted molar refractivity (Wildman–Crippen MR) is 57.3 cm³/mol. The number of hydrogen-bond acceptors (Lipinski definition) is 3. The molecule has 1 aromatic carbocycles. The maximum Gasteiger partial charge on any atom is 0.228 e. The number of hydrogen-bond donors (Lipinski definition) is 2. The molecule has 0 unspecified atom stereocenters. The van der Waals surface area contributed by atoms with Gasteiger partial charge in [0.1, 0.15) is 0 Å². The molecule has 0 radical (unpaired) electrons. The van der Waals surface area contributed by atoms with E-state index in [2.05, 4.69) is 10.3 Å². The molecule has 5 heteroatoms. The van der Waals surface area contributed by atoms with Crippen molar-refractivity contribution in [2.75, 3.05) is 11.2 Å². The van der Waals surface area contributed by atoms with E-state index in [1.165, 1.54) is 0 Å². The van der Waals surface area contributed by atoms with Gasteiger partial charge in [-0.15, -0.1) is 4.83 Å². The van der Waals surface area contributed by atoms with Crippen LogP contribution in [0.1, 0.15) is 13.3 Å². The second-order valence-electron chi connectivity index (χ2n) is 2.91. The molecule has 0 aromatic heterocycles. The van der Waals surface area contributed by atoms with Crippen LogP contribution in [0.2, 0.25) is 0 Å². The number of rotatable bonds is 5. The Morgan fingerprint density at radius 1 is 1.21 bits per heavy atom. The third-order valence-corrected chi connectivity index (χ3v) is 2.96. The van der Waals surface area contributed by atoms with Gasteiger partial charge in [0.05, 0.1) is 5.75 Å². The molecule has 0 aliphatic heterocycles. The fourth-order valence-electron chi connectivity index (χ4n) is 0.978. The van der Waals surface area contributed by atoms with Crippen LogP contribution in [0.4, 0.5) is 5.69 Å². The molecule has 2 N–H and O–H groups in total. The molecule has 0 amide bonds. The van der Waals surface area contributed by atoms with Crippen LogP contribution in [0.5, 0.6) is 0 Å². The van der Waals surface area contributed by atoms with Gasteiger partial charge in [0.25, 0.3) is 0 Å². The van der Waals surface area contributed by atoms with Crippen molar-refractivity contribution in [3.63, 3.8) is 0 Å². The molecule has 0 heterocycles. The Labute approximate surface area is 84.4 Å². The summed E-state index contributed by atoms with van der Waals surface area (Å²) in [6.45, 7) is 1.82. The molecule has 0 saturated heterocycles. The van der Waals surface area contributed by atoms with E-state index in [-0.39, 0.29) is 5.75 Å². The lowest BCUT2D eigenvalue weighted by Gasteiger charge is -2.07. The van der Waals surface area contributed by atoms with Crippen molar-refractivity contribution in [3.05, 3.63) is 30.3 Å². The first-order valence-corrected chi connectivity index (χ1v) is 6.10. The number of hydrazine groups is 1. The predicted octanol–water partition coefficient (Wildman–Crippen LogP) is 1.34. The molecular weight excluding hydrogens is 200 g/mol. The molecular formula is C9H14N2O2S. The topological polar surface area (TPSA) is 58.2 Å². The Morgan fingerprint density at radius 3 is 2.43 bits per heavy atom. The summed E-state index contributed by atoms with van der Waals surface area (Å²) in [6, 6.07) is 9.10. The van der Waals surface area contributed by atoms with Gasteiger partial charge >= 0.3 is 0 Å². The molecule has 0 fully saturated rings. The number of sulfonamides is 1. The van der Waals surface area contributed by atoms with Crippen LogP contribution in [0.15, 0.2) is 30.3 Å². The minimum absolute atomic E-state index is 0.132. The van der Waals surface area contributed by atoms with Crippen LogP contribution in [-0.2, 0) is 10.0 Å². The number of para-hydroxylation sites is 1. The zero-order chi connectivity index (χ0) is 10.4. The van der Waals surface area contributed by atoms with E-state index < -0.39 is 10.0 Å². The molecule has 0 aliphatic rings. The quantitative estimate of drug-likeness (QED) is 0.727. The lowest BCUT2D eigenvalue weighted by atomic mass is 10.3. The first-order chi connectivity index (χ1) is 6.64. The van der Waals surface area contributed by atoms with E-state index in [4.69, 9.17) is 0 Å². The van der Waals surface area contributed by atoms with E-state index in [1.54, 1.807) is 12.1 Å². The van der Waals surface area contributed by atoms with Gasteiger partial charge in [0.2, 0.25) is 10.0 Å². The van der Waals surface area contributed by atoms with Gasteiger partial charge in [-0.2, -0.15) is 0 Å². The summed E-state index contributed by atoms with van der Waals surface area (Å²) in [6.07, 6.45) is 0.603. The molecule has 0 saturated carbocycles. The van der Waals surface area contributed by atoms with Gasteiger partial charge in [-0.05, 0) is 18.6 Å². The van der Waals surface area contributed by atoms with E-state index in [9.17, 15) is 8.42 Å². The summed E-state index contributed by atoms with van der Waals surface area (Å²) in [5, 5.41) is 0. The molecule has 4 nitrogen and oxygen atoms in total. The van der Waals surface area contributed by atoms with Crippen molar-refractivity contribution in [1.82, 2.24) is 4.83 Å². The van der Waals surface area contributed by atoms with Crippen molar-refractivity contribution in [3.8, 4) is 0 Å². The molecule has 0 spiro atoms. The molecule has 78 valence electrons. The monoisotopic (exact) mass is 214 g/mol. The highest BCUT2D eigenvalue weighted by Gasteiger charge is 2.06. The zero-order valence-corrected chi connectivity index (χ0v) is 8.84. The third kappa shape index (κ3) is 3.76. The SMILES string of the molecule is CCCS(=O)(=O)NNc1ccccc1. The first kappa shape index (κ1) is 11.0. The summed E-state index contributed by atoms with van der Waals surface area (Å²) in [5.74, 6) is 0.132. The first-order valence-electron chi connectivity index (χ1n) is 4.44. The Balaban J connectivity index is 2.49. The van der Waals surface area contributed by atoms with Gasteiger partial charge in [0.15, 0.2) is 0 Å². The summed E-state index contributed by atoms with van der Waals surface area (Å²) in [5.41, 5.74) is 3.36. The molecule has 1 aromatic rings. The standard InChI is InChI=1S/C9H14N2O2S/c1-2-8-14(12,13)11-10-9-6-4-3-5-7-9/h3-7,10-11H,2,8H2,1H3. The highest BCUT2D eigenvalue weighted by Crippen LogP contribution is 2.03. The van der Waals surface area contributed by atoms with Gasteiger partial charge in [-0.25, -0.2) is 8.42 Å². The third-order valence-electron chi connectivity index (χ3n) is 1.60. The smallest absolute Gasteiger partial charge is 0.228 e. The largest absolute Gasteiger partial charge is 0.308 e. The normalized spacial score (nSPS) is 11.2. The van der Waals surface area contributed by atoms with Crippen LogP contribution in [0.3, 0.4) is 0 Å². The molecule has 0 aliphatic carbocycles. The fourth-order valence-corrected chi connectivity index (χ4v) is 1.89. The number of benzene rings is 1. The van der Waals surface area contributed by atoms with E-state index in [0.29, 0.717) is 6.42 Å². The summed E-state index contributed by atoms with van der Waals surface area (Å²) < 4.78 is 22.5. The molecule has 14 heavy (non-hydrogen) atoms. The van der Waals surface area contributed by atoms with Gasteiger partial charge < -0.3 is 5.43 Å². The fraction of sp³-hybridized carbons (Fsp3) is 0.333. The Morgan fingerprint density at radius 2 is 1.86 bits per heavy atom. The van der Waals surface area contributed by atoms with Gasteiger partial charge in [-0.1, -0.05) is 25.1 Å². The maximum absolute atomic E-state index is 11.2. The summed E-state index contributed by atoms with van der Waals surface area (Å²) >= 11 is 0. The zero-order valence-electron chi connectivity index (χ0n) is 8.03. The van der Waals surface area contributed by atoms with Crippen LogP contribution in [-0.4, -0.2) is 14.2 Å². The van der Waals surface area contributed by atoms with Crippen LogP contribution in [0.25, 0.3) is 0 Å². The van der Waals surface area contributed by atoms with E-state index >= 15 is 0 Å². The average Bonchev–Trinajstić information content (AvgIpc) is 2.17. The molecule has 0 atom stereocenters. The van der Waals surface area contributed by atoms with Crippen LogP contribution >= 0.6 is 0 Å². The Kier molecular flexibility index (Phi) is 3.91. The van der Waals surface area contributed by atoms with Crippen molar-refractivity contribution >= 4 is 15.7 Å². The van der Waals surface area contributed by atoms with Crippen molar-refractivity contribution < 1.29 is 8.42 Å². The summed E-state index contributed by atoms with van der Waals surface area (Å²) in [4.78, 5) is 2.30. The average molecular weight is 214 g/mol. The van der Waals surface area contributed by atoms with Crippen LogP contribution < -0.4 is 10.3 Å². The van der Waals surface area contributed by atoms with Crippen molar-refractivity contribution in [2.45, 2.75) is 13.3 Å². The Hall–Kier alpha value is -1.07. The number of anilines is 1. The lowest BCUT2D eigenvalue weighted by molar-refractivity contribution is 0.586. The van der Waals surface area contributed by atoms with Crippen molar-refractivity contribution in [1.29, 1.82) is 0 Å². The second-order valence-corrected chi connectivity index (χ2v) is 4.75. The van der Waals surface area contributed by atoms with E-state index in [1.807, 2.05) is 25.1 Å².